The summed E-state index contributed by atoms with van der Waals surface area (Å²) in [5.74, 6) is -0.381. The zero-order valence-electron chi connectivity index (χ0n) is 10.5. The summed E-state index contributed by atoms with van der Waals surface area (Å²) in [5, 5.41) is 0. The maximum atomic E-state index is 11.1. The molecule has 0 amide bonds. The molecule has 16 heavy (non-hydrogen) atoms. The number of carbonyl (C=O) groups is 1. The van der Waals surface area contributed by atoms with Crippen molar-refractivity contribution in [1.29, 1.82) is 0 Å². The number of nitrogens with two attached hydrogens (primary N) is 1. The number of esters is 1. The van der Waals surface area contributed by atoms with Crippen LogP contribution < -0.4 is 5.73 Å². The normalized spacial score (nSPS) is 12.4. The minimum absolute atomic E-state index is 0.257. The van der Waals surface area contributed by atoms with Gasteiger partial charge in [0.25, 0.3) is 0 Å². The number of rotatable bonds is 10. The van der Waals surface area contributed by atoms with Crippen molar-refractivity contribution in [2.75, 3.05) is 19.8 Å². The first-order valence-corrected chi connectivity index (χ1v) is 6.22. The van der Waals surface area contributed by atoms with Crippen LogP contribution in [0.25, 0.3) is 0 Å². The van der Waals surface area contributed by atoms with Crippen LogP contribution in [0.2, 0.25) is 0 Å². The summed E-state index contributed by atoms with van der Waals surface area (Å²) in [4.78, 5) is 11.1. The summed E-state index contributed by atoms with van der Waals surface area (Å²) in [5.41, 5.74) is 5.57. The molecule has 2 N–H and O–H groups in total. The Balaban J connectivity index is 3.27. The molecule has 0 rings (SSSR count). The molecule has 0 heterocycles. The maximum Gasteiger partial charge on any atom is 0.325 e. The standard InChI is InChI=1S/C12H25NO3/c1-3-5-6-7-8-9-15-10-11(13)12(14)16-4-2/h11H,3-10,13H2,1-2H3. The first-order valence-electron chi connectivity index (χ1n) is 6.22. The fraction of sp³-hybridized carbons (Fsp3) is 0.917. The Morgan fingerprint density at radius 1 is 1.19 bits per heavy atom. The van der Waals surface area contributed by atoms with Gasteiger partial charge in [-0.25, -0.2) is 0 Å². The molecular formula is C12H25NO3. The first kappa shape index (κ1) is 15.4. The zero-order valence-corrected chi connectivity index (χ0v) is 10.5. The lowest BCUT2D eigenvalue weighted by molar-refractivity contribution is -0.146. The van der Waals surface area contributed by atoms with Crippen LogP contribution in [0.15, 0.2) is 0 Å². The lowest BCUT2D eigenvalue weighted by Crippen LogP contribution is -2.36. The van der Waals surface area contributed by atoms with Crippen molar-refractivity contribution in [3.63, 3.8) is 0 Å². The molecule has 1 atom stereocenters. The summed E-state index contributed by atoms with van der Waals surface area (Å²) < 4.78 is 10.1. The van der Waals surface area contributed by atoms with E-state index < -0.39 is 6.04 Å². The van der Waals surface area contributed by atoms with E-state index in [1.165, 1.54) is 25.7 Å². The predicted molar refractivity (Wildman–Crippen MR) is 64.2 cm³/mol. The van der Waals surface area contributed by atoms with E-state index in [9.17, 15) is 4.79 Å². The Labute approximate surface area is 98.5 Å². The number of carbonyl (C=O) groups excluding carboxylic acids is 1. The Kier molecular flexibility index (Phi) is 10.5. The van der Waals surface area contributed by atoms with Crippen LogP contribution >= 0.6 is 0 Å². The number of unbranched alkanes of at least 4 members (excludes halogenated alkanes) is 4. The highest BCUT2D eigenvalue weighted by molar-refractivity contribution is 5.75. The van der Waals surface area contributed by atoms with Gasteiger partial charge in [-0.1, -0.05) is 32.6 Å². The molecule has 4 heteroatoms. The molecule has 0 aromatic heterocycles. The van der Waals surface area contributed by atoms with Gasteiger partial charge in [-0.15, -0.1) is 0 Å². The molecule has 0 saturated carbocycles. The quantitative estimate of drug-likeness (QED) is 0.460. The summed E-state index contributed by atoms with van der Waals surface area (Å²) in [6, 6.07) is -0.643. The summed E-state index contributed by atoms with van der Waals surface area (Å²) in [6.07, 6.45) is 6.00. The lowest BCUT2D eigenvalue weighted by atomic mass is 10.2. The van der Waals surface area contributed by atoms with Gasteiger partial charge in [0, 0.05) is 6.61 Å². The van der Waals surface area contributed by atoms with E-state index in [0.717, 1.165) is 6.42 Å². The third kappa shape index (κ3) is 8.68. The topological polar surface area (TPSA) is 61.5 Å². The van der Waals surface area contributed by atoms with Crippen LogP contribution in [0.1, 0.15) is 46.0 Å². The fourth-order valence-electron chi connectivity index (χ4n) is 1.34. The molecule has 0 spiro atoms. The Hall–Kier alpha value is -0.610. The Morgan fingerprint density at radius 2 is 1.88 bits per heavy atom. The van der Waals surface area contributed by atoms with E-state index in [1.807, 2.05) is 0 Å². The third-order valence-corrected chi connectivity index (χ3v) is 2.28. The van der Waals surface area contributed by atoms with Gasteiger partial charge < -0.3 is 15.2 Å². The molecule has 0 saturated heterocycles. The van der Waals surface area contributed by atoms with Crippen molar-refractivity contribution < 1.29 is 14.3 Å². The SMILES string of the molecule is CCCCCCCOCC(N)C(=O)OCC. The van der Waals surface area contributed by atoms with Crippen LogP contribution in [0.3, 0.4) is 0 Å². The van der Waals surface area contributed by atoms with Gasteiger partial charge in [0.2, 0.25) is 0 Å². The summed E-state index contributed by atoms with van der Waals surface area (Å²) in [6.45, 7) is 5.25. The molecule has 96 valence electrons. The molecule has 4 nitrogen and oxygen atoms in total. The van der Waals surface area contributed by atoms with Crippen molar-refractivity contribution in [2.45, 2.75) is 52.0 Å². The molecule has 0 aliphatic carbocycles. The van der Waals surface area contributed by atoms with E-state index in [2.05, 4.69) is 6.92 Å². The minimum atomic E-state index is -0.643. The van der Waals surface area contributed by atoms with Gasteiger partial charge in [0.1, 0.15) is 6.04 Å². The van der Waals surface area contributed by atoms with E-state index >= 15 is 0 Å². The number of hydrogen-bond acceptors (Lipinski definition) is 4. The van der Waals surface area contributed by atoms with E-state index in [1.54, 1.807) is 6.92 Å². The van der Waals surface area contributed by atoms with Gasteiger partial charge in [0.05, 0.1) is 13.2 Å². The van der Waals surface area contributed by atoms with Gasteiger partial charge in [-0.2, -0.15) is 0 Å². The van der Waals surface area contributed by atoms with Gasteiger partial charge in [0.15, 0.2) is 0 Å². The fourth-order valence-corrected chi connectivity index (χ4v) is 1.34. The number of hydrogen-bond donors (Lipinski definition) is 1. The van der Waals surface area contributed by atoms with Gasteiger partial charge in [-0.3, -0.25) is 4.79 Å². The molecule has 0 radical (unpaired) electrons. The summed E-state index contributed by atoms with van der Waals surface area (Å²) in [7, 11) is 0. The largest absolute Gasteiger partial charge is 0.465 e. The van der Waals surface area contributed by atoms with Crippen molar-refractivity contribution in [3.8, 4) is 0 Å². The molecule has 0 aromatic rings. The first-order chi connectivity index (χ1) is 7.72. The molecule has 0 aliphatic rings. The van der Waals surface area contributed by atoms with E-state index in [4.69, 9.17) is 15.2 Å². The van der Waals surface area contributed by atoms with Crippen molar-refractivity contribution in [3.05, 3.63) is 0 Å². The third-order valence-electron chi connectivity index (χ3n) is 2.28. The van der Waals surface area contributed by atoms with Crippen LogP contribution in [0.5, 0.6) is 0 Å². The summed E-state index contributed by atoms with van der Waals surface area (Å²) >= 11 is 0. The molecular weight excluding hydrogens is 206 g/mol. The molecule has 0 aliphatic heterocycles. The van der Waals surface area contributed by atoms with Crippen molar-refractivity contribution in [1.82, 2.24) is 0 Å². The second-order valence-corrected chi connectivity index (χ2v) is 3.85. The molecule has 1 unspecified atom stereocenters. The zero-order chi connectivity index (χ0) is 12.2. The number of ether oxygens (including phenoxy) is 2. The monoisotopic (exact) mass is 231 g/mol. The highest BCUT2D eigenvalue weighted by Crippen LogP contribution is 2.02. The van der Waals surface area contributed by atoms with Crippen LogP contribution in [0, 0.1) is 0 Å². The molecule has 0 bridgehead atoms. The van der Waals surface area contributed by atoms with Crippen molar-refractivity contribution in [2.24, 2.45) is 5.73 Å². The second kappa shape index (κ2) is 10.9. The van der Waals surface area contributed by atoms with Crippen LogP contribution in [-0.2, 0) is 14.3 Å². The van der Waals surface area contributed by atoms with Gasteiger partial charge >= 0.3 is 5.97 Å². The molecule has 0 fully saturated rings. The lowest BCUT2D eigenvalue weighted by Gasteiger charge is -2.10. The Morgan fingerprint density at radius 3 is 2.50 bits per heavy atom. The maximum absolute atomic E-state index is 11.1. The smallest absolute Gasteiger partial charge is 0.325 e. The molecule has 0 aromatic carbocycles. The van der Waals surface area contributed by atoms with E-state index in [-0.39, 0.29) is 12.6 Å². The predicted octanol–water partition coefficient (Wildman–Crippen LogP) is 1.86. The minimum Gasteiger partial charge on any atom is -0.465 e. The highest BCUT2D eigenvalue weighted by atomic mass is 16.5. The van der Waals surface area contributed by atoms with Gasteiger partial charge in [-0.05, 0) is 13.3 Å². The van der Waals surface area contributed by atoms with Crippen LogP contribution in [-0.4, -0.2) is 31.8 Å². The second-order valence-electron chi connectivity index (χ2n) is 3.85. The average Bonchev–Trinajstić information content (AvgIpc) is 2.28. The van der Waals surface area contributed by atoms with Crippen molar-refractivity contribution >= 4 is 5.97 Å². The highest BCUT2D eigenvalue weighted by Gasteiger charge is 2.13. The average molecular weight is 231 g/mol. The Bertz CT molecular complexity index is 174. The van der Waals surface area contributed by atoms with Crippen LogP contribution in [0.4, 0.5) is 0 Å². The van der Waals surface area contributed by atoms with E-state index in [0.29, 0.717) is 13.2 Å².